The molecule has 0 aliphatic rings. The smallest absolute Gasteiger partial charge is 0.256 e. The summed E-state index contributed by atoms with van der Waals surface area (Å²) in [6, 6.07) is 7.18. The number of carbonyl (C=O) groups excluding carboxylic acids is 1. The molecule has 1 N–H and O–H groups in total. The van der Waals surface area contributed by atoms with Crippen molar-refractivity contribution in [3.8, 4) is 0 Å². The Labute approximate surface area is 138 Å². The summed E-state index contributed by atoms with van der Waals surface area (Å²) in [7, 11) is 0. The first-order chi connectivity index (χ1) is 8.50. The van der Waals surface area contributed by atoms with Gasteiger partial charge in [-0.2, -0.15) is 0 Å². The number of rotatable bonds is 0. The van der Waals surface area contributed by atoms with E-state index in [2.05, 4.69) is 23.8 Å². The number of aromatic nitrogens is 2. The van der Waals surface area contributed by atoms with Crippen LogP contribution in [0.15, 0.2) is 29.1 Å². The van der Waals surface area contributed by atoms with Gasteiger partial charge in [-0.15, -0.1) is 0 Å². The van der Waals surface area contributed by atoms with Crippen LogP contribution in [0.3, 0.4) is 0 Å². The summed E-state index contributed by atoms with van der Waals surface area (Å²) < 4.78 is 0. The number of ketones is 1. The zero-order valence-corrected chi connectivity index (χ0v) is 14.4. The van der Waals surface area contributed by atoms with Gasteiger partial charge in [-0.05, 0) is 30.7 Å². The van der Waals surface area contributed by atoms with E-state index in [0.29, 0.717) is 16.7 Å². The number of hydrogen-bond acceptors (Lipinski definition) is 3. The van der Waals surface area contributed by atoms with Gasteiger partial charge >= 0.3 is 0 Å². The molecule has 0 amide bonds. The zero-order chi connectivity index (χ0) is 14.1. The third kappa shape index (κ3) is 7.80. The summed E-state index contributed by atoms with van der Waals surface area (Å²) in [5.74, 6) is 0.318. The normalized spacial score (nSPS) is 8.16. The Balaban J connectivity index is 0. The molecule has 0 spiro atoms. The molecule has 1 heterocycles. The van der Waals surface area contributed by atoms with Crippen molar-refractivity contribution in [2.75, 3.05) is 0 Å². The second-order valence-corrected chi connectivity index (χ2v) is 3.23. The fraction of sp³-hybridized carbons (Fsp3) is 0.214. The molecule has 0 atom stereocenters. The van der Waals surface area contributed by atoms with E-state index in [4.69, 9.17) is 0 Å². The molecule has 2 aromatic rings. The molecule has 1 aromatic carbocycles. The van der Waals surface area contributed by atoms with E-state index in [0.717, 1.165) is 0 Å². The van der Waals surface area contributed by atoms with Crippen LogP contribution in [0.5, 0.6) is 0 Å². The van der Waals surface area contributed by atoms with Crippen LogP contribution in [0.1, 0.15) is 26.6 Å². The monoisotopic (exact) mass is 335 g/mol. The molecule has 5 heteroatoms. The molecule has 4 nitrogen and oxygen atoms in total. The Morgan fingerprint density at radius 2 is 1.74 bits per heavy atom. The predicted molar refractivity (Wildman–Crippen MR) is 74.2 cm³/mol. The maximum Gasteiger partial charge on any atom is 0.256 e. The van der Waals surface area contributed by atoms with Crippen LogP contribution in [-0.4, -0.2) is 15.8 Å². The predicted octanol–water partition coefficient (Wildman–Crippen LogP) is 2.54. The molecule has 0 aliphatic carbocycles. The van der Waals surface area contributed by atoms with Crippen molar-refractivity contribution in [2.24, 2.45) is 0 Å². The number of para-hydroxylation sites is 1. The van der Waals surface area contributed by atoms with E-state index >= 15 is 0 Å². The van der Waals surface area contributed by atoms with Gasteiger partial charge in [0.15, 0.2) is 0 Å². The van der Waals surface area contributed by atoms with Crippen LogP contribution in [0.2, 0.25) is 0 Å². The molecule has 101 valence electrons. The molecule has 1 radical (unpaired) electrons. The standard InChI is InChI=1S/C9H7N2O.C3H5O.C2H6.Y/c1-6-10-8-5-3-2-4-7(8)9(12)11-6;1-3(2)4;1-2;/h2-5H,1H2,(H,10,11,12);1H2,2H3;1-2H3;/q2*-1;;. The van der Waals surface area contributed by atoms with Gasteiger partial charge in [0.1, 0.15) is 0 Å². The van der Waals surface area contributed by atoms with Gasteiger partial charge in [0.2, 0.25) is 0 Å². The number of aromatic amines is 1. The second kappa shape index (κ2) is 10.8. The van der Waals surface area contributed by atoms with Crippen molar-refractivity contribution < 1.29 is 37.5 Å². The van der Waals surface area contributed by atoms with Gasteiger partial charge in [-0.3, -0.25) is 9.78 Å². The number of hydrogen-bond donors (Lipinski definition) is 1. The van der Waals surface area contributed by atoms with Gasteiger partial charge in [0.05, 0.1) is 10.9 Å². The van der Waals surface area contributed by atoms with Gasteiger partial charge in [0, 0.05) is 32.7 Å². The minimum Gasteiger partial charge on any atom is -0.340 e. The quantitative estimate of drug-likeness (QED) is 0.753. The Morgan fingerprint density at radius 1 is 1.26 bits per heavy atom. The number of nitrogens with zero attached hydrogens (tertiary/aromatic N) is 1. The van der Waals surface area contributed by atoms with Crippen LogP contribution in [-0.2, 0) is 37.5 Å². The molecule has 0 bridgehead atoms. The average Bonchev–Trinajstić information content (AvgIpc) is 2.30. The first-order valence-electron chi connectivity index (χ1n) is 5.64. The minimum absolute atomic E-state index is 0. The van der Waals surface area contributed by atoms with Gasteiger partial charge in [-0.1, -0.05) is 26.0 Å². The number of Topliss-reactive ketones (excluding diaryl/α,β-unsaturated/α-hetero) is 1. The van der Waals surface area contributed by atoms with E-state index in [-0.39, 0.29) is 44.1 Å². The number of H-pyrrole nitrogens is 1. The molecule has 2 rings (SSSR count). The topological polar surface area (TPSA) is 62.8 Å². The van der Waals surface area contributed by atoms with Crippen LogP contribution in [0.4, 0.5) is 0 Å². The van der Waals surface area contributed by atoms with E-state index < -0.39 is 0 Å². The van der Waals surface area contributed by atoms with Crippen LogP contribution >= 0.6 is 0 Å². The SMILES string of the molecule is CC.[CH2-]C(C)=O.[CH2-]c1nc2ccccc2c(=O)[nH]1.[Y]. The van der Waals surface area contributed by atoms with Gasteiger partial charge in [-0.25, -0.2) is 0 Å². The van der Waals surface area contributed by atoms with Crippen molar-refractivity contribution in [2.45, 2.75) is 20.8 Å². The van der Waals surface area contributed by atoms with Gasteiger partial charge in [0.25, 0.3) is 5.56 Å². The number of benzene rings is 1. The van der Waals surface area contributed by atoms with Crippen molar-refractivity contribution >= 4 is 16.7 Å². The van der Waals surface area contributed by atoms with E-state index in [1.807, 2.05) is 26.0 Å². The number of nitrogens with one attached hydrogen (secondary N) is 1. The van der Waals surface area contributed by atoms with Crippen LogP contribution in [0, 0.1) is 13.8 Å². The first kappa shape index (κ1) is 20.2. The van der Waals surface area contributed by atoms with Crippen molar-refractivity contribution in [3.63, 3.8) is 0 Å². The minimum atomic E-state index is -0.134. The number of fused-ring (bicyclic) bond motifs is 1. The van der Waals surface area contributed by atoms with E-state index in [9.17, 15) is 9.59 Å². The summed E-state index contributed by atoms with van der Waals surface area (Å²) >= 11 is 0. The van der Waals surface area contributed by atoms with Gasteiger partial charge < -0.3 is 23.6 Å². The summed E-state index contributed by atoms with van der Waals surface area (Å²) in [4.78, 5) is 27.2. The Kier molecular flexibility index (Phi) is 11.4. The van der Waals surface area contributed by atoms with Crippen molar-refractivity contribution in [3.05, 3.63) is 54.3 Å². The molecule has 0 saturated heterocycles. The van der Waals surface area contributed by atoms with E-state index in [1.165, 1.54) is 6.92 Å². The zero-order valence-electron chi connectivity index (χ0n) is 11.6. The maximum absolute atomic E-state index is 11.3. The fourth-order valence-corrected chi connectivity index (χ4v) is 1.13. The third-order valence-electron chi connectivity index (χ3n) is 1.66. The summed E-state index contributed by atoms with van der Waals surface area (Å²) in [6.45, 7) is 12.0. The van der Waals surface area contributed by atoms with Crippen molar-refractivity contribution in [1.29, 1.82) is 0 Å². The summed E-state index contributed by atoms with van der Waals surface area (Å²) in [5, 5.41) is 0.602. The molecular formula is C14H18N2O2Y-2. The molecule has 0 saturated carbocycles. The van der Waals surface area contributed by atoms with Crippen LogP contribution < -0.4 is 5.56 Å². The molecule has 19 heavy (non-hydrogen) atoms. The van der Waals surface area contributed by atoms with Crippen molar-refractivity contribution in [1.82, 2.24) is 9.97 Å². The summed E-state index contributed by atoms with van der Waals surface area (Å²) in [5.41, 5.74) is 0.553. The first-order valence-corrected chi connectivity index (χ1v) is 5.64. The fourth-order valence-electron chi connectivity index (χ4n) is 1.13. The number of carbonyl (C=O) groups is 1. The molecule has 0 unspecified atom stereocenters. The maximum atomic E-state index is 11.3. The Hall–Kier alpha value is -1.13. The average molecular weight is 335 g/mol. The summed E-state index contributed by atoms with van der Waals surface area (Å²) in [6.07, 6.45) is 0. The largest absolute Gasteiger partial charge is 0.340 e. The van der Waals surface area contributed by atoms with Crippen LogP contribution in [0.25, 0.3) is 10.9 Å². The molecule has 0 fully saturated rings. The molecular weight excluding hydrogens is 317 g/mol. The molecule has 1 aromatic heterocycles. The molecule has 0 aliphatic heterocycles. The van der Waals surface area contributed by atoms with E-state index in [1.54, 1.807) is 12.1 Å². The Bertz CT molecular complexity index is 561. The Morgan fingerprint density at radius 3 is 2.26 bits per heavy atom. The third-order valence-corrected chi connectivity index (χ3v) is 1.66. The second-order valence-electron chi connectivity index (χ2n) is 3.23.